The van der Waals surface area contributed by atoms with Crippen LogP contribution in [0.5, 0.6) is 0 Å². The van der Waals surface area contributed by atoms with Gasteiger partial charge in [0.25, 0.3) is 0 Å². The Bertz CT molecular complexity index is 493. The molecule has 3 rings (SSSR count). The molecule has 1 saturated heterocycles. The van der Waals surface area contributed by atoms with Crippen LogP contribution in [0.25, 0.3) is 0 Å². The van der Waals surface area contributed by atoms with Crippen molar-refractivity contribution in [3.63, 3.8) is 0 Å². The smallest absolute Gasteiger partial charge is 0.190 e. The summed E-state index contributed by atoms with van der Waals surface area (Å²) in [5, 5.41) is 8.25. The maximum absolute atomic E-state index is 5.81. The fourth-order valence-corrected chi connectivity index (χ4v) is 2.33. The first-order valence-electron chi connectivity index (χ1n) is 6.52. The standard InChI is InChI=1S/C14H17N3O2/c1-2-4-13(5-3-1)6-7-14(18-10-11-19-14)12-17-15-8-9-16-17/h1-5,8-9H,6-7,10-12H2. The number of rotatable bonds is 5. The van der Waals surface area contributed by atoms with E-state index in [4.69, 9.17) is 9.47 Å². The van der Waals surface area contributed by atoms with Gasteiger partial charge >= 0.3 is 0 Å². The van der Waals surface area contributed by atoms with Gasteiger partial charge in [-0.05, 0) is 12.0 Å². The Balaban J connectivity index is 1.67. The molecule has 0 N–H and O–H groups in total. The van der Waals surface area contributed by atoms with Gasteiger partial charge in [-0.2, -0.15) is 15.0 Å². The van der Waals surface area contributed by atoms with Crippen molar-refractivity contribution in [1.82, 2.24) is 15.0 Å². The topological polar surface area (TPSA) is 49.2 Å². The van der Waals surface area contributed by atoms with Gasteiger partial charge in [-0.1, -0.05) is 30.3 Å². The summed E-state index contributed by atoms with van der Waals surface area (Å²) in [6, 6.07) is 10.4. The summed E-state index contributed by atoms with van der Waals surface area (Å²) < 4.78 is 11.6. The lowest BCUT2D eigenvalue weighted by Crippen LogP contribution is -2.37. The van der Waals surface area contributed by atoms with Crippen molar-refractivity contribution < 1.29 is 9.47 Å². The van der Waals surface area contributed by atoms with Crippen LogP contribution in [0, 0.1) is 0 Å². The lowest BCUT2D eigenvalue weighted by Gasteiger charge is -2.26. The van der Waals surface area contributed by atoms with Crippen LogP contribution in [0.4, 0.5) is 0 Å². The molecule has 5 nitrogen and oxygen atoms in total. The van der Waals surface area contributed by atoms with E-state index in [2.05, 4.69) is 22.3 Å². The van der Waals surface area contributed by atoms with E-state index >= 15 is 0 Å². The van der Waals surface area contributed by atoms with Crippen molar-refractivity contribution in [3.05, 3.63) is 48.3 Å². The monoisotopic (exact) mass is 259 g/mol. The van der Waals surface area contributed by atoms with E-state index in [-0.39, 0.29) is 0 Å². The minimum atomic E-state index is -0.588. The Morgan fingerprint density at radius 1 is 1.05 bits per heavy atom. The highest BCUT2D eigenvalue weighted by atomic mass is 16.7. The molecule has 2 aromatic rings. The van der Waals surface area contributed by atoms with Gasteiger partial charge in [-0.3, -0.25) is 0 Å². The third-order valence-corrected chi connectivity index (χ3v) is 3.30. The highest BCUT2D eigenvalue weighted by Gasteiger charge is 2.37. The summed E-state index contributed by atoms with van der Waals surface area (Å²) in [5.74, 6) is -0.588. The highest BCUT2D eigenvalue weighted by molar-refractivity contribution is 5.14. The lowest BCUT2D eigenvalue weighted by molar-refractivity contribution is -0.174. The van der Waals surface area contributed by atoms with Gasteiger partial charge in [-0.25, -0.2) is 0 Å². The predicted octanol–water partition coefficient (Wildman–Crippen LogP) is 1.65. The third kappa shape index (κ3) is 3.00. The summed E-state index contributed by atoms with van der Waals surface area (Å²) in [6.45, 7) is 1.80. The largest absolute Gasteiger partial charge is 0.346 e. The quantitative estimate of drug-likeness (QED) is 0.819. The summed E-state index contributed by atoms with van der Waals surface area (Å²) in [5.41, 5.74) is 1.29. The van der Waals surface area contributed by atoms with E-state index in [0.717, 1.165) is 12.8 Å². The third-order valence-electron chi connectivity index (χ3n) is 3.30. The zero-order chi connectivity index (χ0) is 13.0. The van der Waals surface area contributed by atoms with Crippen LogP contribution in [0.3, 0.4) is 0 Å². The molecule has 2 heterocycles. The minimum Gasteiger partial charge on any atom is -0.346 e. The van der Waals surface area contributed by atoms with Gasteiger partial charge in [0.1, 0.15) is 6.54 Å². The number of aryl methyl sites for hydroxylation is 1. The fraction of sp³-hybridized carbons (Fsp3) is 0.429. The molecular formula is C14H17N3O2. The van der Waals surface area contributed by atoms with Gasteiger partial charge in [0.2, 0.25) is 0 Å². The van der Waals surface area contributed by atoms with Gasteiger partial charge in [-0.15, -0.1) is 0 Å². The van der Waals surface area contributed by atoms with E-state index in [0.29, 0.717) is 19.8 Å². The molecule has 0 aliphatic carbocycles. The Labute approximate surface area is 112 Å². The Morgan fingerprint density at radius 3 is 2.42 bits per heavy atom. The Hall–Kier alpha value is -1.72. The van der Waals surface area contributed by atoms with Gasteiger partial charge in [0.15, 0.2) is 5.79 Å². The molecule has 100 valence electrons. The predicted molar refractivity (Wildman–Crippen MR) is 69.4 cm³/mol. The summed E-state index contributed by atoms with van der Waals surface area (Å²) in [7, 11) is 0. The molecule has 1 fully saturated rings. The second-order valence-electron chi connectivity index (χ2n) is 4.65. The maximum atomic E-state index is 5.81. The molecular weight excluding hydrogens is 242 g/mol. The molecule has 1 aliphatic rings. The molecule has 1 aromatic carbocycles. The molecule has 0 atom stereocenters. The number of ether oxygens (including phenoxy) is 2. The molecule has 0 amide bonds. The van der Waals surface area contributed by atoms with E-state index in [1.54, 1.807) is 17.2 Å². The second-order valence-corrected chi connectivity index (χ2v) is 4.65. The zero-order valence-corrected chi connectivity index (χ0v) is 10.7. The molecule has 19 heavy (non-hydrogen) atoms. The lowest BCUT2D eigenvalue weighted by atomic mass is 10.0. The fourth-order valence-electron chi connectivity index (χ4n) is 2.33. The molecule has 1 aliphatic heterocycles. The molecule has 0 bridgehead atoms. The van der Waals surface area contributed by atoms with Crippen molar-refractivity contribution in [1.29, 1.82) is 0 Å². The zero-order valence-electron chi connectivity index (χ0n) is 10.7. The molecule has 0 saturated carbocycles. The van der Waals surface area contributed by atoms with E-state index in [1.807, 2.05) is 18.2 Å². The SMILES string of the molecule is c1ccc(CCC2(Cn3nccn3)OCCO2)cc1. The average molecular weight is 259 g/mol. The van der Waals surface area contributed by atoms with Gasteiger partial charge in [0, 0.05) is 6.42 Å². The first-order chi connectivity index (χ1) is 9.36. The van der Waals surface area contributed by atoms with Crippen molar-refractivity contribution in [3.8, 4) is 0 Å². The first kappa shape index (κ1) is 12.3. The van der Waals surface area contributed by atoms with Crippen molar-refractivity contribution >= 4 is 0 Å². The average Bonchev–Trinajstić information content (AvgIpc) is 3.11. The van der Waals surface area contributed by atoms with E-state index in [9.17, 15) is 0 Å². The minimum absolute atomic E-state index is 0.535. The van der Waals surface area contributed by atoms with E-state index < -0.39 is 5.79 Å². The number of nitrogens with zero attached hydrogens (tertiary/aromatic N) is 3. The number of aromatic nitrogens is 3. The normalized spacial score (nSPS) is 17.7. The van der Waals surface area contributed by atoms with E-state index in [1.165, 1.54) is 5.56 Å². The van der Waals surface area contributed by atoms with Crippen LogP contribution in [0.15, 0.2) is 42.7 Å². The molecule has 0 radical (unpaired) electrons. The van der Waals surface area contributed by atoms with Gasteiger partial charge in [0.05, 0.1) is 25.6 Å². The van der Waals surface area contributed by atoms with Crippen LogP contribution in [0.2, 0.25) is 0 Å². The first-order valence-corrected chi connectivity index (χ1v) is 6.52. The second kappa shape index (κ2) is 5.50. The van der Waals surface area contributed by atoms with Gasteiger partial charge < -0.3 is 9.47 Å². The summed E-state index contributed by atoms with van der Waals surface area (Å²) in [4.78, 5) is 1.62. The highest BCUT2D eigenvalue weighted by Crippen LogP contribution is 2.26. The number of benzene rings is 1. The Kier molecular flexibility index (Phi) is 3.57. The number of hydrogen-bond acceptors (Lipinski definition) is 4. The van der Waals surface area contributed by atoms with Crippen LogP contribution >= 0.6 is 0 Å². The van der Waals surface area contributed by atoms with Crippen LogP contribution in [-0.2, 0) is 22.4 Å². The molecule has 0 unspecified atom stereocenters. The molecule has 5 heteroatoms. The summed E-state index contributed by atoms with van der Waals surface area (Å²) in [6.07, 6.45) is 5.06. The van der Waals surface area contributed by atoms with Crippen molar-refractivity contribution in [2.24, 2.45) is 0 Å². The molecule has 1 aromatic heterocycles. The van der Waals surface area contributed by atoms with Crippen molar-refractivity contribution in [2.75, 3.05) is 13.2 Å². The van der Waals surface area contributed by atoms with Crippen LogP contribution in [-0.4, -0.2) is 34.0 Å². The summed E-state index contributed by atoms with van der Waals surface area (Å²) >= 11 is 0. The maximum Gasteiger partial charge on any atom is 0.190 e. The van der Waals surface area contributed by atoms with Crippen molar-refractivity contribution in [2.45, 2.75) is 25.2 Å². The Morgan fingerprint density at radius 2 is 1.74 bits per heavy atom. The molecule has 0 spiro atoms. The van der Waals surface area contributed by atoms with Crippen LogP contribution < -0.4 is 0 Å². The van der Waals surface area contributed by atoms with Crippen LogP contribution in [0.1, 0.15) is 12.0 Å². The number of hydrogen-bond donors (Lipinski definition) is 0.